The maximum Gasteiger partial charge on any atom is 0.160 e. The minimum atomic E-state index is 0.783. The van der Waals surface area contributed by atoms with Crippen LogP contribution in [0.4, 0.5) is 17.3 Å². The average Bonchev–Trinajstić information content (AvgIpc) is 3.23. The summed E-state index contributed by atoms with van der Waals surface area (Å²) in [6.45, 7) is 9.12. The van der Waals surface area contributed by atoms with Gasteiger partial charge in [0.1, 0.15) is 5.82 Å². The first-order chi connectivity index (χ1) is 14.4. The van der Waals surface area contributed by atoms with E-state index in [0.29, 0.717) is 0 Å². The normalized spacial score (nSPS) is 13.6. The van der Waals surface area contributed by atoms with Crippen LogP contribution >= 0.6 is 11.6 Å². The highest BCUT2D eigenvalue weighted by Crippen LogP contribution is 2.42. The number of aromatic nitrogens is 4. The molecule has 0 spiro atoms. The molecule has 160 valence electrons. The van der Waals surface area contributed by atoms with Gasteiger partial charge < -0.3 is 14.4 Å². The van der Waals surface area contributed by atoms with Gasteiger partial charge in [0.05, 0.1) is 29.3 Å². The van der Waals surface area contributed by atoms with Crippen molar-refractivity contribution in [3.05, 3.63) is 52.1 Å². The minimum Gasteiger partial charge on any atom is -0.351 e. The third-order valence-electron chi connectivity index (χ3n) is 5.73. The van der Waals surface area contributed by atoms with Crippen molar-refractivity contribution < 1.29 is 0 Å². The number of nitrogens with zero attached hydrogens (tertiary/aromatic N) is 6. The van der Waals surface area contributed by atoms with Crippen LogP contribution in [0.3, 0.4) is 0 Å². The van der Waals surface area contributed by atoms with Crippen molar-refractivity contribution in [2.24, 2.45) is 14.1 Å². The van der Waals surface area contributed by atoms with E-state index in [1.165, 1.54) is 22.5 Å². The van der Waals surface area contributed by atoms with Crippen molar-refractivity contribution in [1.29, 1.82) is 0 Å². The maximum atomic E-state index is 6.71. The molecule has 4 rings (SSSR count). The van der Waals surface area contributed by atoms with Gasteiger partial charge in [0, 0.05) is 38.9 Å². The average molecular weight is 427 g/mol. The zero-order valence-electron chi connectivity index (χ0n) is 18.6. The molecule has 0 amide bonds. The number of aryl methyl sites for hydroxylation is 4. The Morgan fingerprint density at radius 2 is 2.00 bits per heavy atom. The number of hydrogen-bond acceptors (Lipinski definition) is 4. The lowest BCUT2D eigenvalue weighted by Gasteiger charge is -2.31. The van der Waals surface area contributed by atoms with Gasteiger partial charge in [-0.25, -0.2) is 4.98 Å². The number of hydrogen-bond donors (Lipinski definition) is 0. The smallest absolute Gasteiger partial charge is 0.160 e. The summed E-state index contributed by atoms with van der Waals surface area (Å²) in [5.41, 5.74) is 5.85. The first kappa shape index (κ1) is 20.8. The standard InChI is InChI=1S/C23H31ClN6/c1-6-9-29(14-18-13-27(4)15-25-18)23-19-8-7-10-30(22(19)26-28(23)5)21-17(3)11-16(2)12-20(21)24/h11-13,15H,6-10,14H2,1-5H3. The van der Waals surface area contributed by atoms with Crippen molar-refractivity contribution in [3.63, 3.8) is 0 Å². The van der Waals surface area contributed by atoms with Gasteiger partial charge in [0.2, 0.25) is 0 Å². The molecule has 0 saturated carbocycles. The SMILES string of the molecule is CCCN(Cc1cn(C)cn1)c1c2c(nn1C)N(c1c(C)cc(C)cc1Cl)CCC2. The van der Waals surface area contributed by atoms with Crippen molar-refractivity contribution in [2.75, 3.05) is 22.9 Å². The van der Waals surface area contributed by atoms with E-state index in [0.717, 1.165) is 61.1 Å². The number of anilines is 3. The first-order valence-corrected chi connectivity index (χ1v) is 11.1. The highest BCUT2D eigenvalue weighted by molar-refractivity contribution is 6.33. The van der Waals surface area contributed by atoms with Crippen molar-refractivity contribution in [1.82, 2.24) is 19.3 Å². The largest absolute Gasteiger partial charge is 0.351 e. The van der Waals surface area contributed by atoms with Gasteiger partial charge >= 0.3 is 0 Å². The van der Waals surface area contributed by atoms with E-state index in [9.17, 15) is 0 Å². The predicted molar refractivity (Wildman–Crippen MR) is 124 cm³/mol. The zero-order valence-corrected chi connectivity index (χ0v) is 19.4. The van der Waals surface area contributed by atoms with E-state index in [-0.39, 0.29) is 0 Å². The Hall–Kier alpha value is -2.47. The predicted octanol–water partition coefficient (Wildman–Crippen LogP) is 4.92. The molecule has 0 bridgehead atoms. The van der Waals surface area contributed by atoms with E-state index in [1.807, 2.05) is 28.7 Å². The van der Waals surface area contributed by atoms with Gasteiger partial charge in [0.15, 0.2) is 5.82 Å². The quantitative estimate of drug-likeness (QED) is 0.560. The van der Waals surface area contributed by atoms with E-state index >= 15 is 0 Å². The molecule has 0 atom stereocenters. The van der Waals surface area contributed by atoms with E-state index < -0.39 is 0 Å². The minimum absolute atomic E-state index is 0.783. The van der Waals surface area contributed by atoms with Crippen LogP contribution in [0, 0.1) is 13.8 Å². The Morgan fingerprint density at radius 1 is 1.20 bits per heavy atom. The summed E-state index contributed by atoms with van der Waals surface area (Å²) in [7, 11) is 4.06. The molecule has 0 fully saturated rings. The number of imidazole rings is 1. The van der Waals surface area contributed by atoms with Crippen LogP contribution in [0.5, 0.6) is 0 Å². The van der Waals surface area contributed by atoms with Gasteiger partial charge in [-0.1, -0.05) is 24.6 Å². The van der Waals surface area contributed by atoms with E-state index in [2.05, 4.69) is 54.9 Å². The Labute approximate surface area is 184 Å². The highest BCUT2D eigenvalue weighted by atomic mass is 35.5. The Balaban J connectivity index is 1.76. The molecule has 3 aromatic rings. The molecule has 0 N–H and O–H groups in total. The lowest BCUT2D eigenvalue weighted by atomic mass is 10.0. The van der Waals surface area contributed by atoms with E-state index in [1.54, 1.807) is 0 Å². The van der Waals surface area contributed by atoms with Gasteiger partial charge in [-0.3, -0.25) is 4.68 Å². The lowest BCUT2D eigenvalue weighted by Crippen LogP contribution is -2.29. The van der Waals surface area contributed by atoms with Crippen LogP contribution in [-0.2, 0) is 27.1 Å². The fourth-order valence-corrected chi connectivity index (χ4v) is 5.07. The fraction of sp³-hybridized carbons (Fsp3) is 0.478. The molecule has 0 aliphatic carbocycles. The molecule has 2 aromatic heterocycles. The monoisotopic (exact) mass is 426 g/mol. The Kier molecular flexibility index (Phi) is 5.78. The highest BCUT2D eigenvalue weighted by Gasteiger charge is 2.30. The van der Waals surface area contributed by atoms with Gasteiger partial charge in [0.25, 0.3) is 0 Å². The van der Waals surface area contributed by atoms with Gasteiger partial charge in [-0.2, -0.15) is 5.10 Å². The summed E-state index contributed by atoms with van der Waals surface area (Å²) in [4.78, 5) is 9.27. The van der Waals surface area contributed by atoms with Gasteiger partial charge in [-0.15, -0.1) is 0 Å². The fourth-order valence-electron chi connectivity index (χ4n) is 4.64. The molecule has 1 aromatic carbocycles. The number of rotatable bonds is 6. The van der Waals surface area contributed by atoms with Crippen LogP contribution in [0.1, 0.15) is 42.1 Å². The van der Waals surface area contributed by atoms with Crippen LogP contribution in [0.15, 0.2) is 24.7 Å². The second kappa shape index (κ2) is 8.34. The van der Waals surface area contributed by atoms with Crippen molar-refractivity contribution >= 4 is 28.9 Å². The molecule has 7 heteroatoms. The van der Waals surface area contributed by atoms with Gasteiger partial charge in [-0.05, 0) is 50.3 Å². The summed E-state index contributed by atoms with van der Waals surface area (Å²) in [5, 5.41) is 5.78. The molecule has 3 heterocycles. The molecule has 6 nitrogen and oxygen atoms in total. The second-order valence-electron chi connectivity index (χ2n) is 8.37. The zero-order chi connectivity index (χ0) is 21.4. The maximum absolute atomic E-state index is 6.71. The van der Waals surface area contributed by atoms with Crippen molar-refractivity contribution in [2.45, 2.75) is 46.6 Å². The number of benzene rings is 1. The summed E-state index contributed by atoms with van der Waals surface area (Å²) in [6, 6.07) is 4.25. The summed E-state index contributed by atoms with van der Waals surface area (Å²) >= 11 is 6.71. The summed E-state index contributed by atoms with van der Waals surface area (Å²) in [5.74, 6) is 2.23. The Bertz CT molecular complexity index is 1030. The molecule has 0 saturated heterocycles. The molecule has 1 aliphatic rings. The van der Waals surface area contributed by atoms with Crippen LogP contribution in [0.2, 0.25) is 5.02 Å². The molecule has 30 heavy (non-hydrogen) atoms. The van der Waals surface area contributed by atoms with Crippen molar-refractivity contribution in [3.8, 4) is 0 Å². The summed E-state index contributed by atoms with van der Waals surface area (Å²) < 4.78 is 4.04. The molecule has 1 aliphatic heterocycles. The van der Waals surface area contributed by atoms with Crippen LogP contribution in [0.25, 0.3) is 0 Å². The molecule has 0 unspecified atom stereocenters. The Morgan fingerprint density at radius 3 is 2.67 bits per heavy atom. The lowest BCUT2D eigenvalue weighted by molar-refractivity contribution is 0.681. The second-order valence-corrected chi connectivity index (χ2v) is 8.78. The molecule has 0 radical (unpaired) electrons. The third-order valence-corrected chi connectivity index (χ3v) is 6.02. The topological polar surface area (TPSA) is 42.1 Å². The third kappa shape index (κ3) is 3.81. The number of fused-ring (bicyclic) bond motifs is 1. The molecular weight excluding hydrogens is 396 g/mol. The van der Waals surface area contributed by atoms with Crippen LogP contribution in [-0.4, -0.2) is 32.4 Å². The van der Waals surface area contributed by atoms with Crippen LogP contribution < -0.4 is 9.80 Å². The molecular formula is C23H31ClN6. The first-order valence-electron chi connectivity index (χ1n) is 10.7. The summed E-state index contributed by atoms with van der Waals surface area (Å²) in [6.07, 6.45) is 7.13. The van der Waals surface area contributed by atoms with E-state index in [4.69, 9.17) is 16.7 Å². The number of halogens is 1.